The lowest BCUT2D eigenvalue weighted by molar-refractivity contribution is -0.136. The Bertz CT molecular complexity index is 1320. The van der Waals surface area contributed by atoms with Crippen LogP contribution in [0, 0.1) is 0 Å². The average molecular weight is 469 g/mol. The zero-order valence-corrected chi connectivity index (χ0v) is 19.6. The van der Waals surface area contributed by atoms with Gasteiger partial charge in [0.2, 0.25) is 11.8 Å². The number of piperidine rings is 2. The minimum atomic E-state index is -0.570. The van der Waals surface area contributed by atoms with E-state index in [1.807, 2.05) is 24.5 Å². The molecule has 3 aliphatic rings. The van der Waals surface area contributed by atoms with Crippen molar-refractivity contribution in [3.63, 3.8) is 0 Å². The first-order valence-electron chi connectivity index (χ1n) is 12.4. The Morgan fingerprint density at radius 1 is 1.00 bits per heavy atom. The van der Waals surface area contributed by atoms with E-state index in [1.54, 1.807) is 4.90 Å². The van der Waals surface area contributed by atoms with Crippen molar-refractivity contribution in [1.82, 2.24) is 20.1 Å². The molecule has 35 heavy (non-hydrogen) atoms. The third kappa shape index (κ3) is 4.10. The Hall–Kier alpha value is -3.58. The normalized spacial score (nSPS) is 21.4. The zero-order chi connectivity index (χ0) is 23.9. The predicted octanol–water partition coefficient (Wildman–Crippen LogP) is 3.38. The summed E-state index contributed by atoms with van der Waals surface area (Å²) in [5.41, 5.74) is 4.25. The second-order valence-corrected chi connectivity index (χ2v) is 9.89. The van der Waals surface area contributed by atoms with Gasteiger partial charge in [-0.1, -0.05) is 30.3 Å². The molecule has 1 aromatic heterocycles. The number of hydrogen-bond acceptors (Lipinski definition) is 5. The number of nitrogens with zero attached hydrogens (tertiary/aromatic N) is 3. The predicted molar refractivity (Wildman–Crippen MR) is 131 cm³/mol. The van der Waals surface area contributed by atoms with Gasteiger partial charge in [0, 0.05) is 42.9 Å². The molecule has 1 unspecified atom stereocenters. The highest BCUT2D eigenvalue weighted by atomic mass is 16.2. The molecule has 6 rings (SSSR count). The molecule has 0 bridgehead atoms. The minimum absolute atomic E-state index is 0.118. The van der Waals surface area contributed by atoms with Crippen LogP contribution >= 0.6 is 0 Å². The van der Waals surface area contributed by atoms with E-state index in [0.717, 1.165) is 38.0 Å². The summed E-state index contributed by atoms with van der Waals surface area (Å²) in [6, 6.07) is 14.1. The topological polar surface area (TPSA) is 82.6 Å². The van der Waals surface area contributed by atoms with Gasteiger partial charge in [0.25, 0.3) is 5.91 Å². The van der Waals surface area contributed by atoms with Crippen molar-refractivity contribution in [3.8, 4) is 0 Å². The van der Waals surface area contributed by atoms with Crippen LogP contribution in [-0.4, -0.2) is 51.6 Å². The number of imide groups is 1. The SMILES string of the molecule is O=C1CCC(N2Cc3cc(CN4CCC(c5cccc6cnccc56)CC4)ccc3C2=O)C(=O)N1. The highest BCUT2D eigenvalue weighted by molar-refractivity contribution is 6.05. The first-order chi connectivity index (χ1) is 17.1. The number of carbonyl (C=O) groups excluding carboxylic acids is 3. The maximum Gasteiger partial charge on any atom is 0.255 e. The number of fused-ring (bicyclic) bond motifs is 2. The van der Waals surface area contributed by atoms with Crippen molar-refractivity contribution in [1.29, 1.82) is 0 Å². The maximum atomic E-state index is 12.9. The standard InChI is InChI=1S/C28H28N4O3/c33-26-7-6-25(27(34)30-26)32-17-21-14-18(4-5-24(21)28(32)35)16-31-12-9-19(10-13-31)22-3-1-2-20-15-29-11-8-23(20)22/h1-5,8,11,14-15,19,25H,6-7,9-10,12-13,16-17H2,(H,30,33,34). The summed E-state index contributed by atoms with van der Waals surface area (Å²) in [5.74, 6) is -0.198. The number of benzene rings is 2. The summed E-state index contributed by atoms with van der Waals surface area (Å²) in [6.07, 6.45) is 6.71. The second kappa shape index (κ2) is 8.89. The lowest BCUT2D eigenvalue weighted by Crippen LogP contribution is -2.52. The molecule has 3 aromatic rings. The molecule has 2 fully saturated rings. The molecule has 7 heteroatoms. The lowest BCUT2D eigenvalue weighted by atomic mass is 9.86. The number of carbonyl (C=O) groups is 3. The smallest absolute Gasteiger partial charge is 0.255 e. The molecule has 2 saturated heterocycles. The molecule has 7 nitrogen and oxygen atoms in total. The van der Waals surface area contributed by atoms with Gasteiger partial charge < -0.3 is 4.90 Å². The first kappa shape index (κ1) is 21.9. The molecule has 1 N–H and O–H groups in total. The Morgan fingerprint density at radius 3 is 2.69 bits per heavy atom. The van der Waals surface area contributed by atoms with Crippen LogP contribution in [0.4, 0.5) is 0 Å². The number of aromatic nitrogens is 1. The molecule has 0 radical (unpaired) electrons. The minimum Gasteiger partial charge on any atom is -0.322 e. The van der Waals surface area contributed by atoms with Gasteiger partial charge in [0.15, 0.2) is 0 Å². The number of pyridine rings is 1. The van der Waals surface area contributed by atoms with E-state index in [0.29, 0.717) is 24.4 Å². The van der Waals surface area contributed by atoms with Crippen LogP contribution in [0.2, 0.25) is 0 Å². The van der Waals surface area contributed by atoms with Crippen LogP contribution in [0.5, 0.6) is 0 Å². The van der Waals surface area contributed by atoms with Gasteiger partial charge in [-0.2, -0.15) is 0 Å². The van der Waals surface area contributed by atoms with Crippen molar-refractivity contribution in [2.75, 3.05) is 13.1 Å². The van der Waals surface area contributed by atoms with Gasteiger partial charge in [-0.3, -0.25) is 29.6 Å². The van der Waals surface area contributed by atoms with Gasteiger partial charge >= 0.3 is 0 Å². The maximum absolute atomic E-state index is 12.9. The molecule has 4 heterocycles. The van der Waals surface area contributed by atoms with Gasteiger partial charge in [0.05, 0.1) is 0 Å². The summed E-state index contributed by atoms with van der Waals surface area (Å²) < 4.78 is 0. The molecular weight excluding hydrogens is 440 g/mol. The van der Waals surface area contributed by atoms with Crippen molar-refractivity contribution in [2.45, 2.75) is 50.7 Å². The average Bonchev–Trinajstić information content (AvgIpc) is 3.19. The quantitative estimate of drug-likeness (QED) is 0.594. The highest BCUT2D eigenvalue weighted by Gasteiger charge is 2.39. The summed E-state index contributed by atoms with van der Waals surface area (Å²) in [6.45, 7) is 3.34. The Morgan fingerprint density at radius 2 is 1.86 bits per heavy atom. The van der Waals surface area contributed by atoms with Gasteiger partial charge in [-0.05, 0) is 72.5 Å². The third-order valence-electron chi connectivity index (χ3n) is 7.74. The Kier molecular flexibility index (Phi) is 5.57. The van der Waals surface area contributed by atoms with Gasteiger partial charge in [-0.25, -0.2) is 0 Å². The van der Waals surface area contributed by atoms with Crippen molar-refractivity contribution >= 4 is 28.5 Å². The van der Waals surface area contributed by atoms with E-state index in [4.69, 9.17) is 0 Å². The van der Waals surface area contributed by atoms with Crippen molar-refractivity contribution < 1.29 is 14.4 Å². The lowest BCUT2D eigenvalue weighted by Gasteiger charge is -2.32. The molecule has 0 spiro atoms. The monoisotopic (exact) mass is 468 g/mol. The summed E-state index contributed by atoms with van der Waals surface area (Å²) >= 11 is 0. The third-order valence-corrected chi connectivity index (χ3v) is 7.74. The number of amides is 3. The fourth-order valence-electron chi connectivity index (χ4n) is 5.89. The zero-order valence-electron chi connectivity index (χ0n) is 19.6. The Balaban J connectivity index is 1.11. The number of likely N-dealkylation sites (tertiary alicyclic amines) is 1. The fourth-order valence-corrected chi connectivity index (χ4v) is 5.89. The van der Waals surface area contributed by atoms with Crippen molar-refractivity contribution in [3.05, 3.63) is 77.1 Å². The first-order valence-corrected chi connectivity index (χ1v) is 12.4. The number of rotatable bonds is 4. The molecule has 178 valence electrons. The van der Waals surface area contributed by atoms with Crippen LogP contribution in [0.15, 0.2) is 54.9 Å². The summed E-state index contributed by atoms with van der Waals surface area (Å²) in [7, 11) is 0. The van der Waals surface area contributed by atoms with E-state index in [1.165, 1.54) is 21.9 Å². The van der Waals surface area contributed by atoms with E-state index >= 15 is 0 Å². The van der Waals surface area contributed by atoms with E-state index < -0.39 is 6.04 Å². The van der Waals surface area contributed by atoms with E-state index in [9.17, 15) is 14.4 Å². The molecule has 1 atom stereocenters. The summed E-state index contributed by atoms with van der Waals surface area (Å²) in [5, 5.41) is 4.87. The van der Waals surface area contributed by atoms with Crippen LogP contribution in [0.25, 0.3) is 10.8 Å². The molecule has 0 aliphatic carbocycles. The molecule has 0 saturated carbocycles. The van der Waals surface area contributed by atoms with E-state index in [2.05, 4.69) is 45.5 Å². The molecule has 2 aromatic carbocycles. The van der Waals surface area contributed by atoms with Gasteiger partial charge in [-0.15, -0.1) is 0 Å². The van der Waals surface area contributed by atoms with Crippen LogP contribution < -0.4 is 5.32 Å². The Labute approximate surface area is 204 Å². The molecular formula is C28H28N4O3. The largest absolute Gasteiger partial charge is 0.322 e. The molecule has 3 amide bonds. The number of hydrogen-bond donors (Lipinski definition) is 1. The summed E-state index contributed by atoms with van der Waals surface area (Å²) in [4.78, 5) is 45.1. The van der Waals surface area contributed by atoms with Crippen molar-refractivity contribution in [2.24, 2.45) is 0 Å². The molecule has 3 aliphatic heterocycles. The van der Waals surface area contributed by atoms with Crippen LogP contribution in [-0.2, 0) is 22.7 Å². The van der Waals surface area contributed by atoms with Crippen LogP contribution in [0.1, 0.15) is 58.6 Å². The van der Waals surface area contributed by atoms with Crippen LogP contribution in [0.3, 0.4) is 0 Å². The second-order valence-electron chi connectivity index (χ2n) is 9.89. The number of nitrogens with one attached hydrogen (secondary N) is 1. The van der Waals surface area contributed by atoms with Gasteiger partial charge in [0.1, 0.15) is 6.04 Å². The highest BCUT2D eigenvalue weighted by Crippen LogP contribution is 2.34. The van der Waals surface area contributed by atoms with E-state index in [-0.39, 0.29) is 24.1 Å². The fraction of sp³-hybridized carbons (Fsp3) is 0.357.